The lowest BCUT2D eigenvalue weighted by Crippen LogP contribution is -2.33. The molecule has 1 fully saturated rings. The Balaban J connectivity index is 1.33. The van der Waals surface area contributed by atoms with Gasteiger partial charge in [-0.15, -0.1) is 0 Å². The Morgan fingerprint density at radius 1 is 1.29 bits per heavy atom. The van der Waals surface area contributed by atoms with Gasteiger partial charge >= 0.3 is 0 Å². The molecule has 7 heteroatoms. The van der Waals surface area contributed by atoms with Crippen molar-refractivity contribution >= 4 is 22.7 Å². The first-order valence-corrected chi connectivity index (χ1v) is 9.30. The van der Waals surface area contributed by atoms with Crippen molar-refractivity contribution in [3.8, 4) is 0 Å². The maximum absolute atomic E-state index is 13.5. The van der Waals surface area contributed by atoms with Gasteiger partial charge in [0.25, 0.3) is 0 Å². The molecule has 2 aromatic heterocycles. The monoisotopic (exact) mass is 380 g/mol. The van der Waals surface area contributed by atoms with E-state index in [-0.39, 0.29) is 30.0 Å². The Hall–Kier alpha value is -3.22. The van der Waals surface area contributed by atoms with Crippen molar-refractivity contribution in [1.82, 2.24) is 20.2 Å². The van der Waals surface area contributed by atoms with Gasteiger partial charge in [-0.25, -0.2) is 4.39 Å². The minimum atomic E-state index is -0.338. The summed E-state index contributed by atoms with van der Waals surface area (Å²) in [5.41, 5.74) is 2.81. The van der Waals surface area contributed by atoms with E-state index in [1.807, 2.05) is 18.3 Å². The second kappa shape index (κ2) is 7.80. The van der Waals surface area contributed by atoms with Crippen molar-refractivity contribution in [3.05, 3.63) is 65.9 Å². The number of fused-ring (bicyclic) bond motifs is 1. The fraction of sp³-hybridized carbons (Fsp3) is 0.286. The SMILES string of the molecule is O=C(NCc1ccncc1)[C@@H]1CC(=O)N(CCc2c[nH]c3ccc(F)cc23)C1. The van der Waals surface area contributed by atoms with Gasteiger partial charge in [0.2, 0.25) is 11.8 Å². The highest BCUT2D eigenvalue weighted by Gasteiger charge is 2.33. The Bertz CT molecular complexity index is 1000. The number of nitrogens with one attached hydrogen (secondary N) is 2. The molecule has 1 saturated heterocycles. The first-order valence-electron chi connectivity index (χ1n) is 9.30. The van der Waals surface area contributed by atoms with Crippen molar-refractivity contribution in [3.63, 3.8) is 0 Å². The number of carbonyl (C=O) groups is 2. The normalized spacial score (nSPS) is 16.7. The number of carbonyl (C=O) groups excluding carboxylic acids is 2. The number of hydrogen-bond donors (Lipinski definition) is 2. The van der Waals surface area contributed by atoms with Gasteiger partial charge < -0.3 is 15.2 Å². The fourth-order valence-electron chi connectivity index (χ4n) is 3.61. The van der Waals surface area contributed by atoms with E-state index in [1.54, 1.807) is 23.4 Å². The predicted octanol–water partition coefficient (Wildman–Crippen LogP) is 2.41. The Morgan fingerprint density at radius 2 is 2.11 bits per heavy atom. The van der Waals surface area contributed by atoms with Crippen LogP contribution in [-0.4, -0.2) is 39.8 Å². The van der Waals surface area contributed by atoms with Crippen molar-refractivity contribution in [2.75, 3.05) is 13.1 Å². The van der Waals surface area contributed by atoms with Crippen molar-refractivity contribution in [2.45, 2.75) is 19.4 Å². The van der Waals surface area contributed by atoms with E-state index in [0.29, 0.717) is 26.1 Å². The number of amides is 2. The van der Waals surface area contributed by atoms with Gasteiger partial charge in [-0.2, -0.15) is 0 Å². The molecule has 0 saturated carbocycles. The molecule has 144 valence electrons. The summed E-state index contributed by atoms with van der Waals surface area (Å²) in [4.78, 5) is 33.5. The van der Waals surface area contributed by atoms with Crippen molar-refractivity contribution < 1.29 is 14.0 Å². The van der Waals surface area contributed by atoms with Gasteiger partial charge in [0, 0.05) is 55.5 Å². The summed E-state index contributed by atoms with van der Waals surface area (Å²) in [7, 11) is 0. The highest BCUT2D eigenvalue weighted by molar-refractivity contribution is 5.89. The number of likely N-dealkylation sites (tertiary alicyclic amines) is 1. The largest absolute Gasteiger partial charge is 0.361 e. The summed E-state index contributed by atoms with van der Waals surface area (Å²) < 4.78 is 13.5. The highest BCUT2D eigenvalue weighted by Crippen LogP contribution is 2.22. The van der Waals surface area contributed by atoms with Crippen LogP contribution in [-0.2, 0) is 22.6 Å². The smallest absolute Gasteiger partial charge is 0.225 e. The summed E-state index contributed by atoms with van der Waals surface area (Å²) in [5.74, 6) is -0.747. The zero-order valence-electron chi connectivity index (χ0n) is 15.3. The second-order valence-corrected chi connectivity index (χ2v) is 7.07. The summed E-state index contributed by atoms with van der Waals surface area (Å²) in [6.45, 7) is 1.35. The molecule has 1 aromatic carbocycles. The van der Waals surface area contributed by atoms with Crippen LogP contribution >= 0.6 is 0 Å². The molecule has 0 radical (unpaired) electrons. The van der Waals surface area contributed by atoms with Crippen LogP contribution in [0.25, 0.3) is 10.9 Å². The zero-order chi connectivity index (χ0) is 19.5. The number of H-pyrrole nitrogens is 1. The van der Waals surface area contributed by atoms with Gasteiger partial charge in [0.15, 0.2) is 0 Å². The van der Waals surface area contributed by atoms with Crippen LogP contribution in [0.4, 0.5) is 4.39 Å². The van der Waals surface area contributed by atoms with Crippen LogP contribution in [0, 0.1) is 11.7 Å². The topological polar surface area (TPSA) is 78.1 Å². The Morgan fingerprint density at radius 3 is 2.93 bits per heavy atom. The van der Waals surface area contributed by atoms with Gasteiger partial charge in [-0.05, 0) is 47.9 Å². The molecule has 28 heavy (non-hydrogen) atoms. The number of aromatic nitrogens is 2. The van der Waals surface area contributed by atoms with E-state index in [2.05, 4.69) is 15.3 Å². The van der Waals surface area contributed by atoms with Crippen LogP contribution in [0.2, 0.25) is 0 Å². The number of nitrogens with zero attached hydrogens (tertiary/aromatic N) is 2. The van der Waals surface area contributed by atoms with Gasteiger partial charge in [0.05, 0.1) is 5.92 Å². The number of rotatable bonds is 6. The second-order valence-electron chi connectivity index (χ2n) is 7.07. The number of hydrogen-bond acceptors (Lipinski definition) is 3. The fourth-order valence-corrected chi connectivity index (χ4v) is 3.61. The standard InChI is InChI=1S/C21H21FN4O2/c22-17-1-2-19-18(10-17)15(12-24-19)5-8-26-13-16(9-20(26)27)21(28)25-11-14-3-6-23-7-4-14/h1-4,6-7,10,12,16,24H,5,8-9,11,13H2,(H,25,28)/t16-/m1/s1. The molecule has 1 aliphatic heterocycles. The zero-order valence-corrected chi connectivity index (χ0v) is 15.3. The summed E-state index contributed by atoms with van der Waals surface area (Å²) >= 11 is 0. The molecular formula is C21H21FN4O2. The average Bonchev–Trinajstić information content (AvgIpc) is 3.28. The maximum atomic E-state index is 13.5. The van der Waals surface area contributed by atoms with Crippen LogP contribution in [0.15, 0.2) is 48.9 Å². The van der Waals surface area contributed by atoms with Crippen LogP contribution in [0.5, 0.6) is 0 Å². The molecular weight excluding hydrogens is 359 g/mol. The Labute approximate surface area is 161 Å². The number of benzene rings is 1. The van der Waals surface area contributed by atoms with E-state index in [1.165, 1.54) is 12.1 Å². The molecule has 4 rings (SSSR count). The first kappa shape index (κ1) is 18.2. The molecule has 0 bridgehead atoms. The molecule has 1 aliphatic rings. The average molecular weight is 380 g/mol. The molecule has 0 spiro atoms. The molecule has 2 N–H and O–H groups in total. The number of pyridine rings is 1. The lowest BCUT2D eigenvalue weighted by atomic mass is 10.1. The lowest BCUT2D eigenvalue weighted by Gasteiger charge is -2.16. The van der Waals surface area contributed by atoms with E-state index < -0.39 is 0 Å². The minimum Gasteiger partial charge on any atom is -0.361 e. The molecule has 2 amide bonds. The third-order valence-corrected chi connectivity index (χ3v) is 5.18. The molecule has 0 unspecified atom stereocenters. The van der Waals surface area contributed by atoms with E-state index in [9.17, 15) is 14.0 Å². The van der Waals surface area contributed by atoms with Crippen molar-refractivity contribution in [1.29, 1.82) is 0 Å². The first-order chi connectivity index (χ1) is 13.6. The third kappa shape index (κ3) is 3.88. The molecule has 6 nitrogen and oxygen atoms in total. The van der Waals surface area contributed by atoms with Gasteiger partial charge in [-0.3, -0.25) is 14.6 Å². The number of halogens is 1. The van der Waals surface area contributed by atoms with Crippen LogP contribution < -0.4 is 5.32 Å². The summed E-state index contributed by atoms with van der Waals surface area (Å²) in [6.07, 6.45) is 6.05. The minimum absolute atomic E-state index is 0.0184. The Kier molecular flexibility index (Phi) is 5.06. The van der Waals surface area contributed by atoms with Crippen LogP contribution in [0.3, 0.4) is 0 Å². The molecule has 3 heterocycles. The van der Waals surface area contributed by atoms with Crippen molar-refractivity contribution in [2.24, 2.45) is 5.92 Å². The summed E-state index contributed by atoms with van der Waals surface area (Å²) in [5, 5.41) is 3.72. The van der Waals surface area contributed by atoms with E-state index in [0.717, 1.165) is 22.0 Å². The van der Waals surface area contributed by atoms with Gasteiger partial charge in [-0.1, -0.05) is 0 Å². The summed E-state index contributed by atoms with van der Waals surface area (Å²) in [6, 6.07) is 8.31. The quantitative estimate of drug-likeness (QED) is 0.689. The maximum Gasteiger partial charge on any atom is 0.225 e. The number of aromatic amines is 1. The van der Waals surface area contributed by atoms with Crippen LogP contribution in [0.1, 0.15) is 17.5 Å². The molecule has 0 aliphatic carbocycles. The lowest BCUT2D eigenvalue weighted by molar-refractivity contribution is -0.129. The van der Waals surface area contributed by atoms with Gasteiger partial charge in [0.1, 0.15) is 5.82 Å². The predicted molar refractivity (Wildman–Crippen MR) is 103 cm³/mol. The molecule has 3 aromatic rings. The molecule has 1 atom stereocenters. The van der Waals surface area contributed by atoms with E-state index in [4.69, 9.17) is 0 Å². The highest BCUT2D eigenvalue weighted by atomic mass is 19.1. The van der Waals surface area contributed by atoms with E-state index >= 15 is 0 Å². The third-order valence-electron chi connectivity index (χ3n) is 5.18.